The van der Waals surface area contributed by atoms with Crippen LogP contribution in [0.5, 0.6) is 11.5 Å². The Kier molecular flexibility index (Phi) is 7.37. The summed E-state index contributed by atoms with van der Waals surface area (Å²) in [5.74, 6) is 1.51. The number of benzene rings is 3. The highest BCUT2D eigenvalue weighted by Gasteiger charge is 2.02. The van der Waals surface area contributed by atoms with Gasteiger partial charge in [-0.2, -0.15) is 0 Å². The normalized spacial score (nSPS) is 9.93. The third-order valence-corrected chi connectivity index (χ3v) is 4.13. The van der Waals surface area contributed by atoms with Gasteiger partial charge in [0.25, 0.3) is 0 Å². The van der Waals surface area contributed by atoms with E-state index in [1.165, 1.54) is 0 Å². The first-order valence-electron chi connectivity index (χ1n) is 8.73. The molecule has 0 aliphatic carbocycles. The molecule has 0 heterocycles. The summed E-state index contributed by atoms with van der Waals surface area (Å²) < 4.78 is 11.6. The summed E-state index contributed by atoms with van der Waals surface area (Å²) >= 11 is 0. The van der Waals surface area contributed by atoms with Crippen molar-refractivity contribution in [3.63, 3.8) is 0 Å². The van der Waals surface area contributed by atoms with Crippen molar-refractivity contribution in [1.82, 2.24) is 0 Å². The molecule has 6 nitrogen and oxygen atoms in total. The molecule has 0 aliphatic rings. The minimum absolute atomic E-state index is 0. The first-order chi connectivity index (χ1) is 13.5. The molecule has 0 fully saturated rings. The van der Waals surface area contributed by atoms with E-state index in [0.717, 1.165) is 22.6 Å². The van der Waals surface area contributed by atoms with Gasteiger partial charge < -0.3 is 20.9 Å². The summed E-state index contributed by atoms with van der Waals surface area (Å²) in [6.07, 6.45) is 0. The molecule has 0 atom stereocenters. The summed E-state index contributed by atoms with van der Waals surface area (Å²) in [4.78, 5) is 0. The van der Waals surface area contributed by atoms with Crippen molar-refractivity contribution in [3.05, 3.63) is 95.1 Å². The van der Waals surface area contributed by atoms with Crippen LogP contribution in [0.25, 0.3) is 0 Å². The van der Waals surface area contributed by atoms with Gasteiger partial charge in [-0.15, -0.1) is 0 Å². The van der Waals surface area contributed by atoms with Crippen molar-refractivity contribution >= 4 is 11.7 Å². The number of amidine groups is 2. The van der Waals surface area contributed by atoms with Crippen molar-refractivity contribution in [2.75, 3.05) is 0 Å². The third-order valence-electron chi connectivity index (χ3n) is 4.13. The van der Waals surface area contributed by atoms with Gasteiger partial charge in [0, 0.05) is 11.1 Å². The molecule has 0 saturated heterocycles. The summed E-state index contributed by atoms with van der Waals surface area (Å²) in [5.41, 5.74) is 14.3. The molecule has 0 spiro atoms. The first kappa shape index (κ1) is 21.5. The number of nitrogens with two attached hydrogens (primary N) is 2. The molecule has 0 aromatic heterocycles. The van der Waals surface area contributed by atoms with E-state index in [1.54, 1.807) is 48.5 Å². The van der Waals surface area contributed by atoms with E-state index in [1.807, 2.05) is 24.3 Å². The lowest BCUT2D eigenvalue weighted by atomic mass is 10.1. The molecule has 6 N–H and O–H groups in total. The molecule has 0 unspecified atom stereocenters. The Balaban J connectivity index is 0.00000300. The predicted molar refractivity (Wildman–Crippen MR) is 117 cm³/mol. The third kappa shape index (κ3) is 6.10. The molecule has 29 heavy (non-hydrogen) atoms. The van der Waals surface area contributed by atoms with E-state index in [9.17, 15) is 0 Å². The standard InChI is InChI=1S/C22H22N4O2.CH4/c23-21(24)17-4-8-19(9-5-17)27-13-15-2-1-3-16(12-15)14-28-20-10-6-18(7-11-20)22(25)26;/h1-12H,13-14H2,(H3,23,24)(H3,25,26);1H4. The van der Waals surface area contributed by atoms with Crippen molar-refractivity contribution in [1.29, 1.82) is 10.8 Å². The van der Waals surface area contributed by atoms with Gasteiger partial charge in [-0.3, -0.25) is 10.8 Å². The highest BCUT2D eigenvalue weighted by molar-refractivity contribution is 5.95. The van der Waals surface area contributed by atoms with Crippen LogP contribution in [0.1, 0.15) is 29.7 Å². The van der Waals surface area contributed by atoms with Crippen LogP contribution in [0.4, 0.5) is 0 Å². The molecular weight excluding hydrogens is 364 g/mol. The maximum absolute atomic E-state index is 7.41. The van der Waals surface area contributed by atoms with Crippen molar-refractivity contribution in [2.45, 2.75) is 20.6 Å². The molecule has 0 bridgehead atoms. The van der Waals surface area contributed by atoms with Crippen molar-refractivity contribution in [3.8, 4) is 11.5 Å². The quantitative estimate of drug-likeness (QED) is 0.343. The van der Waals surface area contributed by atoms with Crippen LogP contribution in [0.15, 0.2) is 72.8 Å². The summed E-state index contributed by atoms with van der Waals surface area (Å²) in [6, 6.07) is 22.2. The van der Waals surface area contributed by atoms with Crippen molar-refractivity contribution in [2.24, 2.45) is 11.5 Å². The Hall–Kier alpha value is -3.80. The number of hydrogen-bond donors (Lipinski definition) is 4. The van der Waals surface area contributed by atoms with Crippen LogP contribution < -0.4 is 20.9 Å². The number of nitrogens with one attached hydrogen (secondary N) is 2. The average molecular weight is 390 g/mol. The van der Waals surface area contributed by atoms with Gasteiger partial charge >= 0.3 is 0 Å². The summed E-state index contributed by atoms with van der Waals surface area (Å²) in [7, 11) is 0. The van der Waals surface area contributed by atoms with Gasteiger partial charge in [0.05, 0.1) is 0 Å². The molecule has 0 saturated carbocycles. The molecule has 0 radical (unpaired) electrons. The van der Waals surface area contributed by atoms with Gasteiger partial charge in [-0.05, 0) is 65.7 Å². The van der Waals surface area contributed by atoms with Crippen LogP contribution in [0.3, 0.4) is 0 Å². The molecular formula is C23H26N4O2. The van der Waals surface area contributed by atoms with E-state index < -0.39 is 0 Å². The van der Waals surface area contributed by atoms with Gasteiger partial charge in [0.2, 0.25) is 0 Å². The van der Waals surface area contributed by atoms with E-state index in [-0.39, 0.29) is 19.1 Å². The number of hydrogen-bond acceptors (Lipinski definition) is 4. The van der Waals surface area contributed by atoms with E-state index in [4.69, 9.17) is 31.8 Å². The predicted octanol–water partition coefficient (Wildman–Crippen LogP) is 4.05. The van der Waals surface area contributed by atoms with E-state index >= 15 is 0 Å². The average Bonchev–Trinajstić information content (AvgIpc) is 2.71. The Morgan fingerprint density at radius 2 is 1.03 bits per heavy atom. The molecule has 6 heteroatoms. The zero-order valence-electron chi connectivity index (χ0n) is 15.3. The Bertz CT molecular complexity index is 890. The number of rotatable bonds is 8. The van der Waals surface area contributed by atoms with Crippen LogP contribution in [0, 0.1) is 10.8 Å². The molecule has 3 aromatic rings. The topological polar surface area (TPSA) is 118 Å². The zero-order valence-corrected chi connectivity index (χ0v) is 15.3. The van der Waals surface area contributed by atoms with Gasteiger partial charge in [0.15, 0.2) is 0 Å². The molecule has 150 valence electrons. The van der Waals surface area contributed by atoms with Crippen LogP contribution in [-0.2, 0) is 13.2 Å². The molecule has 3 rings (SSSR count). The maximum atomic E-state index is 7.41. The molecule has 3 aromatic carbocycles. The highest BCUT2D eigenvalue weighted by Crippen LogP contribution is 2.17. The number of ether oxygens (including phenoxy) is 2. The second-order valence-electron chi connectivity index (χ2n) is 6.27. The SMILES string of the molecule is C.N=C(N)c1ccc(OCc2cccc(COc3ccc(C(=N)N)cc3)c2)cc1. The Morgan fingerprint density at radius 3 is 1.38 bits per heavy atom. The minimum atomic E-state index is 0. The second-order valence-corrected chi connectivity index (χ2v) is 6.27. The lowest BCUT2D eigenvalue weighted by Gasteiger charge is -2.10. The first-order valence-corrected chi connectivity index (χ1v) is 8.73. The zero-order chi connectivity index (χ0) is 19.9. The summed E-state index contributed by atoms with van der Waals surface area (Å²) in [5, 5.41) is 14.8. The maximum Gasteiger partial charge on any atom is 0.122 e. The van der Waals surface area contributed by atoms with Gasteiger partial charge in [-0.25, -0.2) is 0 Å². The Labute approximate surface area is 171 Å². The largest absolute Gasteiger partial charge is 0.489 e. The van der Waals surface area contributed by atoms with Crippen molar-refractivity contribution < 1.29 is 9.47 Å². The van der Waals surface area contributed by atoms with Crippen LogP contribution in [0.2, 0.25) is 0 Å². The number of nitrogen functional groups attached to an aromatic ring is 2. The minimum Gasteiger partial charge on any atom is -0.489 e. The lowest BCUT2D eigenvalue weighted by molar-refractivity contribution is 0.300. The van der Waals surface area contributed by atoms with Crippen LogP contribution in [-0.4, -0.2) is 11.7 Å². The molecule has 0 amide bonds. The monoisotopic (exact) mass is 390 g/mol. The fraction of sp³-hybridized carbons (Fsp3) is 0.130. The highest BCUT2D eigenvalue weighted by atomic mass is 16.5. The summed E-state index contributed by atoms with van der Waals surface area (Å²) in [6.45, 7) is 0.862. The fourth-order valence-electron chi connectivity index (χ4n) is 2.60. The lowest BCUT2D eigenvalue weighted by Crippen LogP contribution is -2.10. The second kappa shape index (κ2) is 9.94. The van der Waals surface area contributed by atoms with Crippen LogP contribution >= 0.6 is 0 Å². The fourth-order valence-corrected chi connectivity index (χ4v) is 2.60. The molecule has 0 aliphatic heterocycles. The van der Waals surface area contributed by atoms with E-state index in [0.29, 0.717) is 24.3 Å². The van der Waals surface area contributed by atoms with Gasteiger partial charge in [-0.1, -0.05) is 25.6 Å². The van der Waals surface area contributed by atoms with E-state index in [2.05, 4.69) is 0 Å². The van der Waals surface area contributed by atoms with Gasteiger partial charge in [0.1, 0.15) is 36.4 Å². The Morgan fingerprint density at radius 1 is 0.655 bits per heavy atom. The smallest absolute Gasteiger partial charge is 0.122 e.